The number of rotatable bonds is 8. The van der Waals surface area contributed by atoms with Crippen LogP contribution in [0.5, 0.6) is 0 Å². The van der Waals surface area contributed by atoms with Gasteiger partial charge in [-0.25, -0.2) is 4.68 Å². The van der Waals surface area contributed by atoms with E-state index >= 15 is 0 Å². The number of aryl methyl sites for hydroxylation is 1. The standard InChI is InChI=1S/C17H25N3S/c1-4-11-18-13-16-14(3)19-20(17(16)21-12-5-2)15-9-7-6-8-10-15/h6-10,18H,4-5,11-13H2,1-3H3. The lowest BCUT2D eigenvalue weighted by Gasteiger charge is -2.09. The van der Waals surface area contributed by atoms with Gasteiger partial charge in [0, 0.05) is 12.1 Å². The topological polar surface area (TPSA) is 29.9 Å². The molecule has 1 aromatic heterocycles. The molecule has 0 bridgehead atoms. The summed E-state index contributed by atoms with van der Waals surface area (Å²) in [7, 11) is 0. The SMILES string of the molecule is CCCNCc1c(C)nn(-c2ccccc2)c1SCCC. The van der Waals surface area contributed by atoms with Crippen LogP contribution in [0.25, 0.3) is 5.69 Å². The molecule has 4 heteroatoms. The minimum absolute atomic E-state index is 0.901. The summed E-state index contributed by atoms with van der Waals surface area (Å²) < 4.78 is 2.10. The summed E-state index contributed by atoms with van der Waals surface area (Å²) >= 11 is 1.91. The minimum atomic E-state index is 0.901. The van der Waals surface area contributed by atoms with Crippen molar-refractivity contribution in [3.8, 4) is 5.69 Å². The maximum Gasteiger partial charge on any atom is 0.105 e. The third kappa shape index (κ3) is 4.11. The highest BCUT2D eigenvalue weighted by Gasteiger charge is 2.16. The van der Waals surface area contributed by atoms with Gasteiger partial charge >= 0.3 is 0 Å². The van der Waals surface area contributed by atoms with Crippen LogP contribution in [0.4, 0.5) is 0 Å². The second-order valence-electron chi connectivity index (χ2n) is 5.14. The lowest BCUT2D eigenvalue weighted by Crippen LogP contribution is -2.14. The predicted molar refractivity (Wildman–Crippen MR) is 91.3 cm³/mol. The predicted octanol–water partition coefficient (Wildman–Crippen LogP) is 4.18. The molecule has 0 aliphatic rings. The Bertz CT molecular complexity index is 549. The molecule has 0 fully saturated rings. The highest BCUT2D eigenvalue weighted by Crippen LogP contribution is 2.28. The number of para-hydroxylation sites is 1. The molecule has 0 aliphatic carbocycles. The van der Waals surface area contributed by atoms with Crippen LogP contribution in [0.2, 0.25) is 0 Å². The van der Waals surface area contributed by atoms with Crippen LogP contribution in [0.3, 0.4) is 0 Å². The zero-order chi connectivity index (χ0) is 15.1. The van der Waals surface area contributed by atoms with Crippen molar-refractivity contribution >= 4 is 11.8 Å². The van der Waals surface area contributed by atoms with Crippen molar-refractivity contribution in [2.75, 3.05) is 12.3 Å². The van der Waals surface area contributed by atoms with Gasteiger partial charge in [0.25, 0.3) is 0 Å². The number of aromatic nitrogens is 2. The molecule has 3 nitrogen and oxygen atoms in total. The van der Waals surface area contributed by atoms with Crippen molar-refractivity contribution in [1.29, 1.82) is 0 Å². The highest BCUT2D eigenvalue weighted by molar-refractivity contribution is 7.99. The Morgan fingerprint density at radius 3 is 2.57 bits per heavy atom. The van der Waals surface area contributed by atoms with Crippen LogP contribution in [0.15, 0.2) is 35.4 Å². The zero-order valence-electron chi connectivity index (χ0n) is 13.2. The first kappa shape index (κ1) is 16.1. The summed E-state index contributed by atoms with van der Waals surface area (Å²) in [4.78, 5) is 0. The first-order chi connectivity index (χ1) is 10.3. The van der Waals surface area contributed by atoms with E-state index in [4.69, 9.17) is 5.10 Å². The fraction of sp³-hybridized carbons (Fsp3) is 0.471. The van der Waals surface area contributed by atoms with Gasteiger partial charge in [0.2, 0.25) is 0 Å². The second kappa shape index (κ2) is 8.25. The van der Waals surface area contributed by atoms with Crippen LogP contribution < -0.4 is 5.32 Å². The molecule has 0 spiro atoms. The van der Waals surface area contributed by atoms with Gasteiger partial charge in [-0.2, -0.15) is 5.10 Å². The third-order valence-corrected chi connectivity index (χ3v) is 4.61. The van der Waals surface area contributed by atoms with Crippen LogP contribution in [0, 0.1) is 6.92 Å². The number of thioether (sulfide) groups is 1. The van der Waals surface area contributed by atoms with Gasteiger partial charge in [0.15, 0.2) is 0 Å². The van der Waals surface area contributed by atoms with Crippen LogP contribution in [-0.4, -0.2) is 22.1 Å². The number of nitrogens with zero attached hydrogens (tertiary/aromatic N) is 2. The Kier molecular flexibility index (Phi) is 6.33. The van der Waals surface area contributed by atoms with Gasteiger partial charge in [-0.05, 0) is 44.2 Å². The number of hydrogen-bond donors (Lipinski definition) is 1. The van der Waals surface area contributed by atoms with E-state index in [1.54, 1.807) is 0 Å². The Labute approximate surface area is 132 Å². The van der Waals surface area contributed by atoms with Gasteiger partial charge < -0.3 is 5.32 Å². The monoisotopic (exact) mass is 303 g/mol. The van der Waals surface area contributed by atoms with E-state index in [1.165, 1.54) is 17.0 Å². The molecule has 114 valence electrons. The van der Waals surface area contributed by atoms with Gasteiger partial charge in [0.1, 0.15) is 5.03 Å². The molecule has 1 aromatic carbocycles. The van der Waals surface area contributed by atoms with Crippen molar-refractivity contribution in [2.45, 2.75) is 45.2 Å². The summed E-state index contributed by atoms with van der Waals surface area (Å²) in [5, 5.41) is 9.56. The molecule has 1 N–H and O–H groups in total. The van der Waals surface area contributed by atoms with Crippen molar-refractivity contribution in [1.82, 2.24) is 15.1 Å². The van der Waals surface area contributed by atoms with Crippen LogP contribution in [-0.2, 0) is 6.54 Å². The highest BCUT2D eigenvalue weighted by atomic mass is 32.2. The number of benzene rings is 1. The third-order valence-electron chi connectivity index (χ3n) is 3.31. The number of hydrogen-bond acceptors (Lipinski definition) is 3. The Morgan fingerprint density at radius 1 is 1.14 bits per heavy atom. The quantitative estimate of drug-likeness (QED) is 0.586. The Morgan fingerprint density at radius 2 is 1.90 bits per heavy atom. The van der Waals surface area contributed by atoms with Gasteiger partial charge in [-0.15, -0.1) is 11.8 Å². The first-order valence-corrected chi connectivity index (χ1v) is 8.73. The molecular weight excluding hydrogens is 278 g/mol. The van der Waals surface area contributed by atoms with Crippen LogP contribution in [0.1, 0.15) is 37.9 Å². The second-order valence-corrected chi connectivity index (χ2v) is 6.23. The average Bonchev–Trinajstić information content (AvgIpc) is 2.83. The molecule has 0 radical (unpaired) electrons. The average molecular weight is 303 g/mol. The molecule has 2 rings (SSSR count). The van der Waals surface area contributed by atoms with Crippen LogP contribution >= 0.6 is 11.8 Å². The Balaban J connectivity index is 2.33. The summed E-state index contributed by atoms with van der Waals surface area (Å²) in [6, 6.07) is 10.4. The molecule has 0 saturated carbocycles. The fourth-order valence-electron chi connectivity index (χ4n) is 2.22. The molecule has 0 amide bonds. The van der Waals surface area contributed by atoms with Gasteiger partial charge in [-0.3, -0.25) is 0 Å². The molecule has 2 aromatic rings. The molecule has 21 heavy (non-hydrogen) atoms. The van der Waals surface area contributed by atoms with E-state index in [-0.39, 0.29) is 0 Å². The molecular formula is C17H25N3S. The largest absolute Gasteiger partial charge is 0.313 e. The van der Waals surface area contributed by atoms with E-state index in [0.717, 1.165) is 36.6 Å². The maximum absolute atomic E-state index is 4.77. The summed E-state index contributed by atoms with van der Waals surface area (Å²) in [6.07, 6.45) is 2.33. The molecule has 0 unspecified atom stereocenters. The van der Waals surface area contributed by atoms with E-state index in [0.29, 0.717) is 0 Å². The van der Waals surface area contributed by atoms with E-state index in [2.05, 4.69) is 55.0 Å². The summed E-state index contributed by atoms with van der Waals surface area (Å²) in [5.41, 5.74) is 3.60. The van der Waals surface area contributed by atoms with Gasteiger partial charge in [0.05, 0.1) is 11.4 Å². The number of nitrogens with one attached hydrogen (secondary N) is 1. The van der Waals surface area contributed by atoms with Crippen molar-refractivity contribution in [3.05, 3.63) is 41.6 Å². The lowest BCUT2D eigenvalue weighted by atomic mass is 10.2. The van der Waals surface area contributed by atoms with E-state index in [9.17, 15) is 0 Å². The smallest absolute Gasteiger partial charge is 0.105 e. The fourth-order valence-corrected chi connectivity index (χ4v) is 3.28. The van der Waals surface area contributed by atoms with Crippen molar-refractivity contribution < 1.29 is 0 Å². The van der Waals surface area contributed by atoms with Gasteiger partial charge in [-0.1, -0.05) is 32.0 Å². The minimum Gasteiger partial charge on any atom is -0.313 e. The normalized spacial score (nSPS) is 11.0. The van der Waals surface area contributed by atoms with Crippen molar-refractivity contribution in [3.63, 3.8) is 0 Å². The summed E-state index contributed by atoms with van der Waals surface area (Å²) in [5.74, 6) is 1.12. The molecule has 0 atom stereocenters. The van der Waals surface area contributed by atoms with E-state index < -0.39 is 0 Å². The Hall–Kier alpha value is -1.26. The maximum atomic E-state index is 4.77. The zero-order valence-corrected chi connectivity index (χ0v) is 14.0. The molecule has 0 saturated heterocycles. The first-order valence-electron chi connectivity index (χ1n) is 7.75. The van der Waals surface area contributed by atoms with E-state index in [1.807, 2.05) is 17.8 Å². The van der Waals surface area contributed by atoms with Crippen molar-refractivity contribution in [2.24, 2.45) is 0 Å². The summed E-state index contributed by atoms with van der Waals surface area (Å²) in [6.45, 7) is 8.48. The lowest BCUT2D eigenvalue weighted by molar-refractivity contribution is 0.664. The molecule has 0 aliphatic heterocycles. The molecule has 1 heterocycles.